The van der Waals surface area contributed by atoms with Crippen LogP contribution < -0.4 is 4.74 Å². The molecule has 0 saturated carbocycles. The highest BCUT2D eigenvalue weighted by molar-refractivity contribution is 9.10. The quantitative estimate of drug-likeness (QED) is 0.844. The van der Waals surface area contributed by atoms with Crippen molar-refractivity contribution in [2.24, 2.45) is 10.2 Å². The van der Waals surface area contributed by atoms with Crippen LogP contribution in [0.1, 0.15) is 0 Å². The summed E-state index contributed by atoms with van der Waals surface area (Å²) >= 11 is 3.22. The van der Waals surface area contributed by atoms with Crippen LogP contribution in [-0.2, 0) is 0 Å². The number of phenols is 1. The fourth-order valence-electron chi connectivity index (χ4n) is 1.32. The number of benzene rings is 2. The van der Waals surface area contributed by atoms with E-state index in [1.807, 2.05) is 24.3 Å². The molecule has 0 fully saturated rings. The average Bonchev–Trinajstić information content (AvgIpc) is 2.41. The van der Waals surface area contributed by atoms with E-state index in [1.165, 1.54) is 0 Å². The molecule has 0 amide bonds. The molecule has 0 aromatic heterocycles. The van der Waals surface area contributed by atoms with E-state index in [4.69, 9.17) is 4.74 Å². The van der Waals surface area contributed by atoms with E-state index in [1.54, 1.807) is 25.3 Å². The minimum Gasteiger partial charge on any atom is -0.507 e. The molecule has 0 aliphatic rings. The van der Waals surface area contributed by atoms with E-state index in [2.05, 4.69) is 26.2 Å². The molecule has 0 aliphatic carbocycles. The molecule has 5 heteroatoms. The lowest BCUT2D eigenvalue weighted by molar-refractivity contribution is 0.415. The SMILES string of the molecule is COc1ccc(N=Nc2ccc(O)c(Br)c2)cc1. The number of hydrogen-bond acceptors (Lipinski definition) is 4. The lowest BCUT2D eigenvalue weighted by Gasteiger charge is -1.99. The molecule has 0 saturated heterocycles. The largest absolute Gasteiger partial charge is 0.507 e. The van der Waals surface area contributed by atoms with Crippen LogP contribution in [0.5, 0.6) is 11.5 Å². The third-order valence-electron chi connectivity index (χ3n) is 2.28. The van der Waals surface area contributed by atoms with Crippen LogP contribution in [-0.4, -0.2) is 12.2 Å². The molecule has 0 radical (unpaired) electrons. The number of hydrogen-bond donors (Lipinski definition) is 1. The molecule has 0 aliphatic heterocycles. The van der Waals surface area contributed by atoms with Crippen molar-refractivity contribution >= 4 is 27.3 Å². The Morgan fingerprint density at radius 2 is 1.61 bits per heavy atom. The average molecular weight is 307 g/mol. The van der Waals surface area contributed by atoms with Crippen molar-refractivity contribution in [3.05, 3.63) is 46.9 Å². The van der Waals surface area contributed by atoms with Gasteiger partial charge in [-0.15, -0.1) is 0 Å². The fraction of sp³-hybridized carbons (Fsp3) is 0.0769. The highest BCUT2D eigenvalue weighted by Crippen LogP contribution is 2.29. The van der Waals surface area contributed by atoms with Gasteiger partial charge >= 0.3 is 0 Å². The Morgan fingerprint density at radius 1 is 1.00 bits per heavy atom. The van der Waals surface area contributed by atoms with E-state index < -0.39 is 0 Å². The van der Waals surface area contributed by atoms with Crippen molar-refractivity contribution in [1.29, 1.82) is 0 Å². The Kier molecular flexibility index (Phi) is 3.94. The second-order valence-corrected chi connectivity index (χ2v) is 4.39. The van der Waals surface area contributed by atoms with E-state index in [9.17, 15) is 5.11 Å². The highest BCUT2D eigenvalue weighted by atomic mass is 79.9. The van der Waals surface area contributed by atoms with E-state index in [-0.39, 0.29) is 5.75 Å². The van der Waals surface area contributed by atoms with Crippen molar-refractivity contribution in [1.82, 2.24) is 0 Å². The Balaban J connectivity index is 2.16. The molecule has 0 unspecified atom stereocenters. The third-order valence-corrected chi connectivity index (χ3v) is 2.92. The number of nitrogens with zero attached hydrogens (tertiary/aromatic N) is 2. The van der Waals surface area contributed by atoms with Gasteiger partial charge in [0.2, 0.25) is 0 Å². The monoisotopic (exact) mass is 306 g/mol. The summed E-state index contributed by atoms with van der Waals surface area (Å²) in [5.74, 6) is 0.958. The predicted molar refractivity (Wildman–Crippen MR) is 73.0 cm³/mol. The summed E-state index contributed by atoms with van der Waals surface area (Å²) in [6, 6.07) is 12.2. The van der Waals surface area contributed by atoms with Crippen molar-refractivity contribution < 1.29 is 9.84 Å². The van der Waals surface area contributed by atoms with Crippen molar-refractivity contribution in [3.8, 4) is 11.5 Å². The smallest absolute Gasteiger partial charge is 0.129 e. The third kappa shape index (κ3) is 3.07. The summed E-state index contributed by atoms with van der Waals surface area (Å²) in [7, 11) is 1.62. The van der Waals surface area contributed by atoms with Crippen LogP contribution >= 0.6 is 15.9 Å². The summed E-state index contributed by atoms with van der Waals surface area (Å²) in [5.41, 5.74) is 1.40. The van der Waals surface area contributed by atoms with Crippen LogP contribution in [0.25, 0.3) is 0 Å². The Labute approximate surface area is 113 Å². The first-order chi connectivity index (χ1) is 8.69. The predicted octanol–water partition coefficient (Wildman–Crippen LogP) is 4.58. The highest BCUT2D eigenvalue weighted by Gasteiger charge is 1.98. The maximum absolute atomic E-state index is 9.35. The minimum atomic E-state index is 0.179. The fourth-order valence-corrected chi connectivity index (χ4v) is 1.69. The van der Waals surface area contributed by atoms with Crippen molar-refractivity contribution in [2.45, 2.75) is 0 Å². The van der Waals surface area contributed by atoms with Crippen LogP contribution in [0.3, 0.4) is 0 Å². The maximum Gasteiger partial charge on any atom is 0.129 e. The zero-order valence-corrected chi connectivity index (χ0v) is 11.3. The molecule has 0 spiro atoms. The molecule has 0 atom stereocenters. The summed E-state index contributed by atoms with van der Waals surface area (Å²) in [5, 5.41) is 17.5. The van der Waals surface area contributed by atoms with Crippen LogP contribution in [0.2, 0.25) is 0 Å². The van der Waals surface area contributed by atoms with E-state index in [0.717, 1.165) is 11.4 Å². The second kappa shape index (κ2) is 5.64. The molecule has 1 N–H and O–H groups in total. The van der Waals surface area contributed by atoms with Gasteiger partial charge in [-0.2, -0.15) is 10.2 Å². The first-order valence-corrected chi connectivity index (χ1v) is 6.02. The topological polar surface area (TPSA) is 54.2 Å². The summed E-state index contributed by atoms with van der Waals surface area (Å²) in [6.45, 7) is 0. The molecule has 92 valence electrons. The maximum atomic E-state index is 9.35. The van der Waals surface area contributed by atoms with Gasteiger partial charge in [-0.05, 0) is 58.4 Å². The van der Waals surface area contributed by atoms with Gasteiger partial charge in [0, 0.05) is 0 Å². The lowest BCUT2D eigenvalue weighted by Crippen LogP contribution is -1.79. The number of phenolic OH excluding ortho intramolecular Hbond substituents is 1. The first-order valence-electron chi connectivity index (χ1n) is 5.23. The molecule has 2 aromatic rings. The standard InChI is InChI=1S/C13H11BrN2O2/c1-18-11-5-2-9(3-6-11)15-16-10-4-7-13(17)12(14)8-10/h2-8,17H,1H3. The van der Waals surface area contributed by atoms with Gasteiger partial charge < -0.3 is 9.84 Å². The van der Waals surface area contributed by atoms with Crippen LogP contribution in [0.15, 0.2) is 57.2 Å². The van der Waals surface area contributed by atoms with Crippen molar-refractivity contribution in [3.63, 3.8) is 0 Å². The number of azo groups is 1. The number of halogens is 1. The van der Waals surface area contributed by atoms with Crippen molar-refractivity contribution in [2.75, 3.05) is 7.11 Å². The summed E-state index contributed by atoms with van der Waals surface area (Å²) in [4.78, 5) is 0. The second-order valence-electron chi connectivity index (χ2n) is 3.53. The summed E-state index contributed by atoms with van der Waals surface area (Å²) < 4.78 is 5.65. The van der Waals surface area contributed by atoms with Gasteiger partial charge in [-0.1, -0.05) is 0 Å². The Hall–Kier alpha value is -1.88. The molecule has 2 aromatic carbocycles. The molecular formula is C13H11BrN2O2. The van der Waals surface area contributed by atoms with Crippen LogP contribution in [0, 0.1) is 0 Å². The molecule has 4 nitrogen and oxygen atoms in total. The van der Waals surface area contributed by atoms with Gasteiger partial charge in [-0.25, -0.2) is 0 Å². The molecule has 0 heterocycles. The normalized spacial score (nSPS) is 10.8. The minimum absolute atomic E-state index is 0.179. The molecule has 2 rings (SSSR count). The number of rotatable bonds is 3. The molecular weight excluding hydrogens is 296 g/mol. The zero-order valence-electron chi connectivity index (χ0n) is 9.67. The number of methoxy groups -OCH3 is 1. The van der Waals surface area contributed by atoms with Gasteiger partial charge in [0.1, 0.15) is 11.5 Å². The van der Waals surface area contributed by atoms with E-state index in [0.29, 0.717) is 10.2 Å². The van der Waals surface area contributed by atoms with Gasteiger partial charge in [0.15, 0.2) is 0 Å². The lowest BCUT2D eigenvalue weighted by atomic mass is 10.3. The van der Waals surface area contributed by atoms with E-state index >= 15 is 0 Å². The molecule has 18 heavy (non-hydrogen) atoms. The number of ether oxygens (including phenoxy) is 1. The van der Waals surface area contributed by atoms with Gasteiger partial charge in [-0.3, -0.25) is 0 Å². The Morgan fingerprint density at radius 3 is 2.22 bits per heavy atom. The zero-order chi connectivity index (χ0) is 13.0. The van der Waals surface area contributed by atoms with Crippen LogP contribution in [0.4, 0.5) is 11.4 Å². The molecule has 0 bridgehead atoms. The van der Waals surface area contributed by atoms with Gasteiger partial charge in [0.05, 0.1) is 23.0 Å². The summed E-state index contributed by atoms with van der Waals surface area (Å²) in [6.07, 6.45) is 0. The van der Waals surface area contributed by atoms with Gasteiger partial charge in [0.25, 0.3) is 0 Å². The Bertz CT molecular complexity index is 568. The number of aromatic hydroxyl groups is 1. The first kappa shape index (κ1) is 12.6.